The molecule has 1 saturated heterocycles. The van der Waals surface area contributed by atoms with Crippen LogP contribution in [0.5, 0.6) is 0 Å². The molecular formula is C16H28N4O. The van der Waals surface area contributed by atoms with Crippen LogP contribution in [0.25, 0.3) is 0 Å². The third-order valence-electron chi connectivity index (χ3n) is 4.54. The van der Waals surface area contributed by atoms with Crippen LogP contribution in [0.4, 0.5) is 5.69 Å². The first-order valence-corrected chi connectivity index (χ1v) is 7.91. The first-order chi connectivity index (χ1) is 9.86. The zero-order valence-corrected chi connectivity index (χ0v) is 13.6. The van der Waals surface area contributed by atoms with E-state index in [4.69, 9.17) is 0 Å². The van der Waals surface area contributed by atoms with E-state index in [9.17, 15) is 4.79 Å². The van der Waals surface area contributed by atoms with Crippen molar-refractivity contribution < 1.29 is 4.79 Å². The Morgan fingerprint density at radius 2 is 2.14 bits per heavy atom. The van der Waals surface area contributed by atoms with E-state index in [0.29, 0.717) is 18.4 Å². The lowest BCUT2D eigenvalue weighted by Gasteiger charge is -2.26. The number of nitrogens with zero attached hydrogens (tertiary/aromatic N) is 2. The van der Waals surface area contributed by atoms with Crippen LogP contribution >= 0.6 is 0 Å². The molecule has 2 rings (SSSR count). The van der Waals surface area contributed by atoms with Gasteiger partial charge < -0.3 is 10.6 Å². The highest BCUT2D eigenvalue weighted by Gasteiger charge is 2.23. The second-order valence-corrected chi connectivity index (χ2v) is 7.21. The van der Waals surface area contributed by atoms with Gasteiger partial charge in [-0.1, -0.05) is 27.7 Å². The molecule has 0 bridgehead atoms. The zero-order chi connectivity index (χ0) is 15.5. The van der Waals surface area contributed by atoms with E-state index in [1.165, 1.54) is 0 Å². The normalized spacial score (nSPS) is 18.5. The summed E-state index contributed by atoms with van der Waals surface area (Å²) in [5.74, 6) is 0.416. The third-order valence-corrected chi connectivity index (χ3v) is 4.54. The molecule has 2 N–H and O–H groups in total. The standard InChI is InChI=1S/C16H28N4O/c1-12(16(2,3)4)9-15(21)19-13-10-18-20(11-13)14-5-7-17-8-6-14/h10-12,14,17H,5-9H2,1-4H3,(H,19,21). The topological polar surface area (TPSA) is 59.0 Å². The summed E-state index contributed by atoms with van der Waals surface area (Å²) < 4.78 is 1.99. The maximum absolute atomic E-state index is 12.1. The predicted molar refractivity (Wildman–Crippen MR) is 85.2 cm³/mol. The minimum Gasteiger partial charge on any atom is -0.323 e. The first-order valence-electron chi connectivity index (χ1n) is 7.91. The molecule has 118 valence electrons. The molecule has 1 fully saturated rings. The zero-order valence-electron chi connectivity index (χ0n) is 13.6. The highest BCUT2D eigenvalue weighted by molar-refractivity contribution is 5.90. The van der Waals surface area contributed by atoms with E-state index >= 15 is 0 Å². The van der Waals surface area contributed by atoms with Crippen LogP contribution in [-0.4, -0.2) is 28.8 Å². The van der Waals surface area contributed by atoms with Gasteiger partial charge in [0.15, 0.2) is 0 Å². The van der Waals surface area contributed by atoms with Crippen molar-refractivity contribution in [2.24, 2.45) is 11.3 Å². The lowest BCUT2D eigenvalue weighted by molar-refractivity contribution is -0.117. The van der Waals surface area contributed by atoms with Crippen molar-refractivity contribution in [3.63, 3.8) is 0 Å². The van der Waals surface area contributed by atoms with Crippen LogP contribution in [-0.2, 0) is 4.79 Å². The molecule has 21 heavy (non-hydrogen) atoms. The molecule has 0 aliphatic carbocycles. The van der Waals surface area contributed by atoms with Crippen molar-refractivity contribution in [2.45, 2.75) is 53.0 Å². The first kappa shape index (κ1) is 16.0. The lowest BCUT2D eigenvalue weighted by Crippen LogP contribution is -2.29. The molecule has 5 nitrogen and oxygen atoms in total. The van der Waals surface area contributed by atoms with Gasteiger partial charge in [-0.2, -0.15) is 5.10 Å². The minimum atomic E-state index is 0.0716. The molecule has 1 aromatic rings. The molecule has 5 heteroatoms. The summed E-state index contributed by atoms with van der Waals surface area (Å²) in [5, 5.41) is 10.7. The Morgan fingerprint density at radius 3 is 2.76 bits per heavy atom. The van der Waals surface area contributed by atoms with Crippen LogP contribution in [0.1, 0.15) is 53.0 Å². The Labute approximate surface area is 127 Å². The molecule has 1 aliphatic heterocycles. The highest BCUT2D eigenvalue weighted by atomic mass is 16.1. The largest absolute Gasteiger partial charge is 0.323 e. The quantitative estimate of drug-likeness (QED) is 0.897. The van der Waals surface area contributed by atoms with E-state index in [1.54, 1.807) is 6.20 Å². The SMILES string of the molecule is CC(CC(=O)Nc1cnn(C2CCNCC2)c1)C(C)(C)C. The van der Waals surface area contributed by atoms with Gasteiger partial charge in [0.1, 0.15) is 0 Å². The summed E-state index contributed by atoms with van der Waals surface area (Å²) in [6.07, 6.45) is 6.44. The molecule has 1 aliphatic rings. The number of carbonyl (C=O) groups excluding carboxylic acids is 1. The molecule has 2 heterocycles. The third kappa shape index (κ3) is 4.56. The number of anilines is 1. The number of hydrogen-bond acceptors (Lipinski definition) is 3. The number of amides is 1. The van der Waals surface area contributed by atoms with Gasteiger partial charge in [-0.05, 0) is 37.3 Å². The average molecular weight is 292 g/mol. The van der Waals surface area contributed by atoms with Gasteiger partial charge in [-0.15, -0.1) is 0 Å². The fraction of sp³-hybridized carbons (Fsp3) is 0.750. The van der Waals surface area contributed by atoms with Gasteiger partial charge in [0.2, 0.25) is 5.91 Å². The van der Waals surface area contributed by atoms with Crippen LogP contribution in [0.15, 0.2) is 12.4 Å². The van der Waals surface area contributed by atoms with Gasteiger partial charge in [-0.3, -0.25) is 9.48 Å². The average Bonchev–Trinajstić information content (AvgIpc) is 2.87. The Hall–Kier alpha value is -1.36. The fourth-order valence-corrected chi connectivity index (χ4v) is 2.47. The van der Waals surface area contributed by atoms with Crippen LogP contribution in [0.3, 0.4) is 0 Å². The fourth-order valence-electron chi connectivity index (χ4n) is 2.47. The second kappa shape index (κ2) is 6.60. The van der Waals surface area contributed by atoms with E-state index < -0.39 is 0 Å². The molecule has 0 spiro atoms. The molecule has 1 unspecified atom stereocenters. The van der Waals surface area contributed by atoms with Crippen molar-refractivity contribution >= 4 is 11.6 Å². The second-order valence-electron chi connectivity index (χ2n) is 7.21. The van der Waals surface area contributed by atoms with Crippen molar-refractivity contribution in [1.82, 2.24) is 15.1 Å². The van der Waals surface area contributed by atoms with E-state index in [1.807, 2.05) is 10.9 Å². The smallest absolute Gasteiger partial charge is 0.224 e. The molecular weight excluding hydrogens is 264 g/mol. The lowest BCUT2D eigenvalue weighted by atomic mass is 9.80. The summed E-state index contributed by atoms with van der Waals surface area (Å²) in [6.45, 7) is 10.7. The Kier molecular flexibility index (Phi) is 5.04. The van der Waals surface area contributed by atoms with Crippen molar-refractivity contribution in [3.05, 3.63) is 12.4 Å². The monoisotopic (exact) mass is 292 g/mol. The molecule has 0 radical (unpaired) electrons. The number of rotatable bonds is 4. The number of aromatic nitrogens is 2. The molecule has 1 atom stereocenters. The number of piperidine rings is 1. The van der Waals surface area contributed by atoms with Crippen LogP contribution < -0.4 is 10.6 Å². The van der Waals surface area contributed by atoms with Gasteiger partial charge in [0.05, 0.1) is 17.9 Å². The summed E-state index contributed by atoms with van der Waals surface area (Å²) in [5.41, 5.74) is 0.955. The number of carbonyl (C=O) groups is 1. The maximum atomic E-state index is 12.1. The molecule has 0 aromatic carbocycles. The molecule has 0 saturated carbocycles. The van der Waals surface area contributed by atoms with Gasteiger partial charge in [-0.25, -0.2) is 0 Å². The Balaban J connectivity index is 1.88. The van der Waals surface area contributed by atoms with Crippen molar-refractivity contribution in [3.8, 4) is 0 Å². The van der Waals surface area contributed by atoms with Crippen LogP contribution in [0.2, 0.25) is 0 Å². The van der Waals surface area contributed by atoms with E-state index in [-0.39, 0.29) is 11.3 Å². The van der Waals surface area contributed by atoms with Gasteiger partial charge in [0.25, 0.3) is 0 Å². The van der Waals surface area contributed by atoms with E-state index in [2.05, 4.69) is 43.4 Å². The van der Waals surface area contributed by atoms with Crippen molar-refractivity contribution in [1.29, 1.82) is 0 Å². The minimum absolute atomic E-state index is 0.0716. The predicted octanol–water partition coefficient (Wildman–Crippen LogP) is 2.82. The number of nitrogens with one attached hydrogen (secondary N) is 2. The summed E-state index contributed by atoms with van der Waals surface area (Å²) in [7, 11) is 0. The van der Waals surface area contributed by atoms with E-state index in [0.717, 1.165) is 31.6 Å². The van der Waals surface area contributed by atoms with Gasteiger partial charge in [0, 0.05) is 12.6 Å². The molecule has 1 aromatic heterocycles. The molecule has 1 amide bonds. The summed E-state index contributed by atoms with van der Waals surface area (Å²) in [6, 6.07) is 0.449. The summed E-state index contributed by atoms with van der Waals surface area (Å²) in [4.78, 5) is 12.1. The Morgan fingerprint density at radius 1 is 1.48 bits per heavy atom. The number of hydrogen-bond donors (Lipinski definition) is 2. The van der Waals surface area contributed by atoms with Crippen molar-refractivity contribution in [2.75, 3.05) is 18.4 Å². The highest BCUT2D eigenvalue weighted by Crippen LogP contribution is 2.28. The Bertz CT molecular complexity index is 469. The summed E-state index contributed by atoms with van der Waals surface area (Å²) >= 11 is 0. The van der Waals surface area contributed by atoms with Gasteiger partial charge >= 0.3 is 0 Å². The maximum Gasteiger partial charge on any atom is 0.224 e. The van der Waals surface area contributed by atoms with Crippen LogP contribution in [0, 0.1) is 11.3 Å².